The SMILES string of the molecule is CC(C)OCCC(=O)NCc1ccnc(N(C)C)c1. The predicted octanol–water partition coefficient (Wildman–Crippen LogP) is 1.58. The molecular formula is C14H23N3O2. The van der Waals surface area contributed by atoms with Gasteiger partial charge in [0, 0.05) is 33.3 Å². The van der Waals surface area contributed by atoms with Crippen LogP contribution in [0.4, 0.5) is 5.82 Å². The number of amides is 1. The van der Waals surface area contributed by atoms with Gasteiger partial charge in [-0.3, -0.25) is 4.79 Å². The second-order valence-electron chi connectivity index (χ2n) is 4.86. The fourth-order valence-corrected chi connectivity index (χ4v) is 1.49. The van der Waals surface area contributed by atoms with Gasteiger partial charge in [-0.15, -0.1) is 0 Å². The molecule has 0 aliphatic rings. The van der Waals surface area contributed by atoms with Gasteiger partial charge in [-0.25, -0.2) is 4.98 Å². The van der Waals surface area contributed by atoms with Gasteiger partial charge in [-0.05, 0) is 31.5 Å². The molecular weight excluding hydrogens is 242 g/mol. The molecule has 0 aliphatic carbocycles. The molecule has 0 unspecified atom stereocenters. The van der Waals surface area contributed by atoms with E-state index >= 15 is 0 Å². The fourth-order valence-electron chi connectivity index (χ4n) is 1.49. The molecule has 1 N–H and O–H groups in total. The van der Waals surface area contributed by atoms with Crippen molar-refractivity contribution in [3.05, 3.63) is 23.9 Å². The average molecular weight is 265 g/mol. The highest BCUT2D eigenvalue weighted by Crippen LogP contribution is 2.09. The maximum Gasteiger partial charge on any atom is 0.222 e. The number of aromatic nitrogens is 1. The molecule has 5 nitrogen and oxygen atoms in total. The molecule has 1 amide bonds. The first-order valence-corrected chi connectivity index (χ1v) is 6.49. The van der Waals surface area contributed by atoms with E-state index < -0.39 is 0 Å². The molecule has 0 aromatic carbocycles. The standard InChI is InChI=1S/C14H23N3O2/c1-11(2)19-8-6-14(18)16-10-12-5-7-15-13(9-12)17(3)4/h5,7,9,11H,6,8,10H2,1-4H3,(H,16,18). The van der Waals surface area contributed by atoms with Crippen LogP contribution >= 0.6 is 0 Å². The van der Waals surface area contributed by atoms with Crippen LogP contribution in [0.15, 0.2) is 18.3 Å². The summed E-state index contributed by atoms with van der Waals surface area (Å²) in [7, 11) is 3.88. The van der Waals surface area contributed by atoms with E-state index in [0.29, 0.717) is 19.6 Å². The van der Waals surface area contributed by atoms with Gasteiger partial charge < -0.3 is 15.0 Å². The van der Waals surface area contributed by atoms with E-state index in [9.17, 15) is 4.79 Å². The quantitative estimate of drug-likeness (QED) is 0.813. The van der Waals surface area contributed by atoms with Gasteiger partial charge >= 0.3 is 0 Å². The number of carbonyl (C=O) groups is 1. The topological polar surface area (TPSA) is 54.5 Å². The molecule has 0 bridgehead atoms. The number of hydrogen-bond acceptors (Lipinski definition) is 4. The lowest BCUT2D eigenvalue weighted by molar-refractivity contribution is -0.122. The Morgan fingerprint density at radius 1 is 1.47 bits per heavy atom. The van der Waals surface area contributed by atoms with E-state index in [0.717, 1.165) is 11.4 Å². The number of pyridine rings is 1. The zero-order valence-corrected chi connectivity index (χ0v) is 12.1. The van der Waals surface area contributed by atoms with Crippen molar-refractivity contribution in [2.75, 3.05) is 25.6 Å². The van der Waals surface area contributed by atoms with Crippen molar-refractivity contribution in [2.24, 2.45) is 0 Å². The molecule has 0 spiro atoms. The Morgan fingerprint density at radius 3 is 2.84 bits per heavy atom. The number of carbonyl (C=O) groups excluding carboxylic acids is 1. The van der Waals surface area contributed by atoms with E-state index in [2.05, 4.69) is 10.3 Å². The van der Waals surface area contributed by atoms with E-state index in [4.69, 9.17) is 4.74 Å². The van der Waals surface area contributed by atoms with Crippen LogP contribution in [0.3, 0.4) is 0 Å². The van der Waals surface area contributed by atoms with Crippen LogP contribution in [0.1, 0.15) is 25.8 Å². The lowest BCUT2D eigenvalue weighted by Gasteiger charge is -2.12. The summed E-state index contributed by atoms with van der Waals surface area (Å²) in [6.45, 7) is 4.89. The Labute approximate surface area is 115 Å². The van der Waals surface area contributed by atoms with Crippen LogP contribution in [0.25, 0.3) is 0 Å². The normalized spacial score (nSPS) is 10.6. The van der Waals surface area contributed by atoms with E-state index in [1.807, 2.05) is 45.0 Å². The number of anilines is 1. The summed E-state index contributed by atoms with van der Waals surface area (Å²) in [5, 5.41) is 2.87. The minimum absolute atomic E-state index is 0.00358. The molecule has 1 rings (SSSR count). The summed E-state index contributed by atoms with van der Waals surface area (Å²) >= 11 is 0. The summed E-state index contributed by atoms with van der Waals surface area (Å²) in [5.41, 5.74) is 1.04. The average Bonchev–Trinajstić information content (AvgIpc) is 2.36. The molecule has 1 aromatic rings. The maximum atomic E-state index is 11.6. The summed E-state index contributed by atoms with van der Waals surface area (Å²) in [6.07, 6.45) is 2.30. The van der Waals surface area contributed by atoms with Crippen LogP contribution < -0.4 is 10.2 Å². The second-order valence-corrected chi connectivity index (χ2v) is 4.86. The summed E-state index contributed by atoms with van der Waals surface area (Å²) in [4.78, 5) is 17.8. The first-order chi connectivity index (χ1) is 8.99. The molecule has 0 fully saturated rings. The van der Waals surface area contributed by atoms with Crippen molar-refractivity contribution in [1.29, 1.82) is 0 Å². The Balaban J connectivity index is 2.35. The fraction of sp³-hybridized carbons (Fsp3) is 0.571. The largest absolute Gasteiger partial charge is 0.378 e. The number of ether oxygens (including phenoxy) is 1. The monoisotopic (exact) mass is 265 g/mol. The van der Waals surface area contributed by atoms with Crippen molar-refractivity contribution >= 4 is 11.7 Å². The Kier molecular flexibility index (Phi) is 6.29. The molecule has 0 saturated heterocycles. The highest BCUT2D eigenvalue weighted by atomic mass is 16.5. The molecule has 1 aromatic heterocycles. The van der Waals surface area contributed by atoms with E-state index in [-0.39, 0.29) is 12.0 Å². The van der Waals surface area contributed by atoms with Gasteiger partial charge in [-0.2, -0.15) is 0 Å². The Hall–Kier alpha value is -1.62. The van der Waals surface area contributed by atoms with Gasteiger partial charge in [0.25, 0.3) is 0 Å². The highest BCUT2D eigenvalue weighted by molar-refractivity contribution is 5.75. The predicted molar refractivity (Wildman–Crippen MR) is 76.1 cm³/mol. The van der Waals surface area contributed by atoms with E-state index in [1.165, 1.54) is 0 Å². The minimum atomic E-state index is 0.00358. The van der Waals surface area contributed by atoms with Crippen molar-refractivity contribution in [3.63, 3.8) is 0 Å². The molecule has 5 heteroatoms. The first-order valence-electron chi connectivity index (χ1n) is 6.49. The second kappa shape index (κ2) is 7.74. The van der Waals surface area contributed by atoms with Crippen LogP contribution in [-0.2, 0) is 16.1 Å². The van der Waals surface area contributed by atoms with Crippen LogP contribution in [-0.4, -0.2) is 37.7 Å². The van der Waals surface area contributed by atoms with Crippen LogP contribution in [0.5, 0.6) is 0 Å². The smallest absolute Gasteiger partial charge is 0.222 e. The van der Waals surface area contributed by atoms with Crippen molar-refractivity contribution < 1.29 is 9.53 Å². The summed E-state index contributed by atoms with van der Waals surface area (Å²) in [5.74, 6) is 0.888. The van der Waals surface area contributed by atoms with Gasteiger partial charge in [0.2, 0.25) is 5.91 Å². The van der Waals surface area contributed by atoms with Crippen molar-refractivity contribution in [1.82, 2.24) is 10.3 Å². The minimum Gasteiger partial charge on any atom is -0.378 e. The lowest BCUT2D eigenvalue weighted by atomic mass is 10.2. The highest BCUT2D eigenvalue weighted by Gasteiger charge is 2.04. The zero-order valence-electron chi connectivity index (χ0n) is 12.1. The number of rotatable bonds is 7. The summed E-state index contributed by atoms with van der Waals surface area (Å²) < 4.78 is 5.34. The van der Waals surface area contributed by atoms with Gasteiger partial charge in [0.05, 0.1) is 12.7 Å². The van der Waals surface area contributed by atoms with Crippen LogP contribution in [0, 0.1) is 0 Å². The number of hydrogen-bond donors (Lipinski definition) is 1. The molecule has 1 heterocycles. The number of nitrogens with one attached hydrogen (secondary N) is 1. The van der Waals surface area contributed by atoms with Gasteiger partial charge in [0.15, 0.2) is 0 Å². The van der Waals surface area contributed by atoms with Crippen molar-refractivity contribution in [2.45, 2.75) is 32.9 Å². The van der Waals surface area contributed by atoms with Crippen LogP contribution in [0.2, 0.25) is 0 Å². The van der Waals surface area contributed by atoms with Gasteiger partial charge in [-0.1, -0.05) is 0 Å². The molecule has 0 atom stereocenters. The molecule has 0 saturated carbocycles. The third-order valence-electron chi connectivity index (χ3n) is 2.54. The van der Waals surface area contributed by atoms with Crippen molar-refractivity contribution in [3.8, 4) is 0 Å². The third-order valence-corrected chi connectivity index (χ3v) is 2.54. The van der Waals surface area contributed by atoms with E-state index in [1.54, 1.807) is 6.20 Å². The third kappa shape index (κ3) is 6.20. The summed E-state index contributed by atoms with van der Waals surface area (Å²) in [6, 6.07) is 3.86. The first kappa shape index (κ1) is 15.4. The molecule has 19 heavy (non-hydrogen) atoms. The van der Waals surface area contributed by atoms with Gasteiger partial charge in [0.1, 0.15) is 5.82 Å². The molecule has 106 valence electrons. The maximum absolute atomic E-state index is 11.6. The zero-order chi connectivity index (χ0) is 14.3. The Morgan fingerprint density at radius 2 is 2.21 bits per heavy atom. The Bertz CT molecular complexity index is 405. The molecule has 0 radical (unpaired) electrons. The molecule has 0 aliphatic heterocycles. The number of nitrogens with zero attached hydrogens (tertiary/aromatic N) is 2. The lowest BCUT2D eigenvalue weighted by Crippen LogP contribution is -2.24.